The van der Waals surface area contributed by atoms with Crippen LogP contribution in [-0.2, 0) is 16.1 Å². The molecule has 0 aliphatic heterocycles. The summed E-state index contributed by atoms with van der Waals surface area (Å²) in [5.41, 5.74) is 1.65. The molecule has 2 amide bonds. The van der Waals surface area contributed by atoms with Crippen LogP contribution in [0.2, 0.25) is 0 Å². The summed E-state index contributed by atoms with van der Waals surface area (Å²) in [5.74, 6) is -0.0368. The average Bonchev–Trinajstić information content (AvgIpc) is 3.17. The molecule has 9 nitrogen and oxygen atoms in total. The molecule has 3 N–H and O–H groups in total. The lowest BCUT2D eigenvalue weighted by molar-refractivity contribution is -0.116. The van der Waals surface area contributed by atoms with Crippen LogP contribution in [0.25, 0.3) is 10.9 Å². The van der Waals surface area contributed by atoms with Gasteiger partial charge in [0, 0.05) is 17.1 Å². The van der Waals surface area contributed by atoms with Gasteiger partial charge in [0.1, 0.15) is 6.54 Å². The quantitative estimate of drug-likeness (QED) is 0.662. The zero-order valence-electron chi connectivity index (χ0n) is 12.9. The third kappa shape index (κ3) is 3.51. The number of nitrogens with zero attached hydrogens (tertiary/aromatic N) is 3. The number of carbonyl (C=O) groups excluding carboxylic acids is 2. The van der Waals surface area contributed by atoms with Gasteiger partial charge in [0.2, 0.25) is 5.91 Å². The molecular weight excluding hydrogens is 312 g/mol. The fourth-order valence-corrected chi connectivity index (χ4v) is 2.24. The molecule has 2 aromatic heterocycles. The maximum absolute atomic E-state index is 12.2. The van der Waals surface area contributed by atoms with Crippen molar-refractivity contribution in [1.29, 1.82) is 0 Å². The summed E-state index contributed by atoms with van der Waals surface area (Å²) in [5, 5.41) is 13.7. The van der Waals surface area contributed by atoms with Crippen LogP contribution in [0.4, 0.5) is 16.3 Å². The van der Waals surface area contributed by atoms with Crippen molar-refractivity contribution in [1.82, 2.24) is 20.0 Å². The van der Waals surface area contributed by atoms with Gasteiger partial charge >= 0.3 is 6.09 Å². The van der Waals surface area contributed by atoms with E-state index in [2.05, 4.69) is 25.9 Å². The van der Waals surface area contributed by atoms with Crippen LogP contribution < -0.4 is 10.6 Å². The number of hydrogen-bond donors (Lipinski definition) is 3. The van der Waals surface area contributed by atoms with Crippen molar-refractivity contribution in [3.63, 3.8) is 0 Å². The molecule has 0 radical (unpaired) electrons. The molecule has 0 fully saturated rings. The van der Waals surface area contributed by atoms with Gasteiger partial charge in [-0.1, -0.05) is 11.3 Å². The number of carbonyl (C=O) groups is 2. The van der Waals surface area contributed by atoms with Gasteiger partial charge in [0.15, 0.2) is 5.82 Å². The van der Waals surface area contributed by atoms with Gasteiger partial charge in [-0.05, 0) is 25.1 Å². The lowest BCUT2D eigenvalue weighted by Gasteiger charge is -2.06. The lowest BCUT2D eigenvalue weighted by atomic mass is 10.2. The molecule has 1 aromatic carbocycles. The van der Waals surface area contributed by atoms with Gasteiger partial charge in [0.25, 0.3) is 0 Å². The standard InChI is InChI=1S/C15H16N6O3/c1-2-24-15(23)18-13-8-21(20-19-13)9-14(22)17-12-5-3-4-11-10(12)6-7-16-11/h3-8,16H,2,9H2,1H3,(H,17,22)(H,18,23). The molecule has 0 bridgehead atoms. The molecule has 0 spiro atoms. The highest BCUT2D eigenvalue weighted by atomic mass is 16.5. The third-order valence-electron chi connectivity index (χ3n) is 3.22. The van der Waals surface area contributed by atoms with E-state index >= 15 is 0 Å². The third-order valence-corrected chi connectivity index (χ3v) is 3.22. The number of aromatic nitrogens is 4. The Hall–Kier alpha value is -3.36. The number of ether oxygens (including phenoxy) is 1. The van der Waals surface area contributed by atoms with Crippen molar-refractivity contribution in [3.8, 4) is 0 Å². The fraction of sp³-hybridized carbons (Fsp3) is 0.200. The molecule has 0 atom stereocenters. The van der Waals surface area contributed by atoms with E-state index in [0.29, 0.717) is 5.69 Å². The topological polar surface area (TPSA) is 114 Å². The summed E-state index contributed by atoms with van der Waals surface area (Å²) in [6.07, 6.45) is 2.64. The minimum Gasteiger partial charge on any atom is -0.450 e. The highest BCUT2D eigenvalue weighted by Gasteiger charge is 2.10. The second-order valence-corrected chi connectivity index (χ2v) is 4.94. The minimum atomic E-state index is -0.617. The number of rotatable bonds is 5. The maximum atomic E-state index is 12.2. The zero-order chi connectivity index (χ0) is 16.9. The molecule has 0 saturated carbocycles. The molecule has 0 saturated heterocycles. The van der Waals surface area contributed by atoms with E-state index in [1.165, 1.54) is 10.9 Å². The SMILES string of the molecule is CCOC(=O)Nc1cn(CC(=O)Nc2cccc3[nH]ccc23)nn1. The smallest absolute Gasteiger partial charge is 0.412 e. The number of H-pyrrole nitrogens is 1. The lowest BCUT2D eigenvalue weighted by Crippen LogP contribution is -2.19. The summed E-state index contributed by atoms with van der Waals surface area (Å²) in [4.78, 5) is 26.5. The van der Waals surface area contributed by atoms with E-state index in [4.69, 9.17) is 4.74 Å². The zero-order valence-corrected chi connectivity index (χ0v) is 12.9. The van der Waals surface area contributed by atoms with Crippen LogP contribution in [-0.4, -0.2) is 38.6 Å². The van der Waals surface area contributed by atoms with Gasteiger partial charge in [-0.15, -0.1) is 5.10 Å². The van der Waals surface area contributed by atoms with E-state index in [9.17, 15) is 9.59 Å². The molecule has 24 heavy (non-hydrogen) atoms. The molecule has 3 aromatic rings. The van der Waals surface area contributed by atoms with Crippen LogP contribution in [0.15, 0.2) is 36.7 Å². The van der Waals surface area contributed by atoms with E-state index in [-0.39, 0.29) is 24.9 Å². The molecule has 3 rings (SSSR count). The monoisotopic (exact) mass is 328 g/mol. The highest BCUT2D eigenvalue weighted by Crippen LogP contribution is 2.22. The Morgan fingerprint density at radius 1 is 1.29 bits per heavy atom. The first kappa shape index (κ1) is 15.5. The van der Waals surface area contributed by atoms with Gasteiger partial charge in [-0.25, -0.2) is 9.48 Å². The number of fused-ring (bicyclic) bond motifs is 1. The number of nitrogens with one attached hydrogen (secondary N) is 3. The molecule has 0 aliphatic rings. The number of hydrogen-bond acceptors (Lipinski definition) is 5. The normalized spacial score (nSPS) is 10.5. The van der Waals surface area contributed by atoms with Gasteiger partial charge < -0.3 is 15.0 Å². The predicted molar refractivity (Wildman–Crippen MR) is 87.6 cm³/mol. The van der Waals surface area contributed by atoms with E-state index < -0.39 is 6.09 Å². The van der Waals surface area contributed by atoms with Gasteiger partial charge in [0.05, 0.1) is 18.5 Å². The van der Waals surface area contributed by atoms with E-state index in [1.54, 1.807) is 6.92 Å². The second kappa shape index (κ2) is 6.82. The van der Waals surface area contributed by atoms with Crippen molar-refractivity contribution in [3.05, 3.63) is 36.7 Å². The minimum absolute atomic E-state index is 0.0294. The number of benzene rings is 1. The predicted octanol–water partition coefficient (Wildman–Crippen LogP) is 1.97. The van der Waals surface area contributed by atoms with Crippen LogP contribution in [0.5, 0.6) is 0 Å². The average molecular weight is 328 g/mol. The summed E-state index contributed by atoms with van der Waals surface area (Å²) in [6, 6.07) is 7.49. The van der Waals surface area contributed by atoms with Crippen LogP contribution in [0, 0.1) is 0 Å². The Morgan fingerprint density at radius 2 is 2.17 bits per heavy atom. The van der Waals surface area contributed by atoms with Crippen molar-refractivity contribution >= 4 is 34.4 Å². The first-order valence-corrected chi connectivity index (χ1v) is 7.35. The molecule has 9 heteroatoms. The summed E-state index contributed by atoms with van der Waals surface area (Å²) >= 11 is 0. The molecule has 2 heterocycles. The molecular formula is C15H16N6O3. The molecule has 124 valence electrons. The Bertz CT molecular complexity index is 869. The van der Waals surface area contributed by atoms with Crippen LogP contribution in [0.3, 0.4) is 0 Å². The van der Waals surface area contributed by atoms with Gasteiger partial charge in [-0.2, -0.15) is 0 Å². The Morgan fingerprint density at radius 3 is 3.00 bits per heavy atom. The largest absolute Gasteiger partial charge is 0.450 e. The van der Waals surface area contributed by atoms with E-state index in [1.807, 2.05) is 30.5 Å². The molecule has 0 unspecified atom stereocenters. The van der Waals surface area contributed by atoms with E-state index in [0.717, 1.165) is 10.9 Å². The summed E-state index contributed by atoms with van der Waals surface area (Å²) in [6.45, 7) is 1.93. The van der Waals surface area contributed by atoms with Crippen molar-refractivity contribution < 1.29 is 14.3 Å². The van der Waals surface area contributed by atoms with Crippen molar-refractivity contribution in [2.75, 3.05) is 17.2 Å². The Kier molecular flexibility index (Phi) is 4.41. The maximum Gasteiger partial charge on any atom is 0.412 e. The molecule has 0 aliphatic carbocycles. The number of anilines is 2. The summed E-state index contributed by atoms with van der Waals surface area (Å²) in [7, 11) is 0. The number of aromatic amines is 1. The number of amides is 2. The first-order chi connectivity index (χ1) is 11.7. The van der Waals surface area contributed by atoms with Gasteiger partial charge in [-0.3, -0.25) is 10.1 Å². The highest BCUT2D eigenvalue weighted by molar-refractivity contribution is 6.01. The summed E-state index contributed by atoms with van der Waals surface area (Å²) < 4.78 is 6.07. The second-order valence-electron chi connectivity index (χ2n) is 4.94. The Labute approximate surface area is 137 Å². The van der Waals surface area contributed by atoms with Crippen LogP contribution in [0.1, 0.15) is 6.92 Å². The van der Waals surface area contributed by atoms with Crippen LogP contribution >= 0.6 is 0 Å². The van der Waals surface area contributed by atoms with Crippen molar-refractivity contribution in [2.45, 2.75) is 13.5 Å². The van der Waals surface area contributed by atoms with Crippen molar-refractivity contribution in [2.24, 2.45) is 0 Å². The Balaban J connectivity index is 1.62. The first-order valence-electron chi connectivity index (χ1n) is 7.35. The fourth-order valence-electron chi connectivity index (χ4n) is 2.24.